The number of aldehydes is 1. The molecule has 3 unspecified atom stereocenters. The number of nitrogens with zero attached hydrogens (tertiary/aromatic N) is 2. The normalized spacial score (nSPS) is 28.1. The lowest BCUT2D eigenvalue weighted by molar-refractivity contribution is -0.0541. The van der Waals surface area contributed by atoms with Gasteiger partial charge in [0.15, 0.2) is 12.5 Å². The second kappa shape index (κ2) is 9.25. The van der Waals surface area contributed by atoms with Crippen LogP contribution in [0, 0.1) is 0 Å². The number of nitrogen functional groups attached to an aromatic ring is 1. The van der Waals surface area contributed by atoms with Gasteiger partial charge in [-0.25, -0.2) is 18.5 Å². The Morgan fingerprint density at radius 2 is 1.74 bits per heavy atom. The van der Waals surface area contributed by atoms with Crippen molar-refractivity contribution in [1.82, 2.24) is 9.55 Å². The average molecular weight is 511 g/mol. The number of hydrogen-bond donors (Lipinski definition) is 7. The summed E-state index contributed by atoms with van der Waals surface area (Å²) in [6, 6.07) is 0. The SMILES string of the molecule is Nc1nc(=O)n([C@@H]2O[C@H](COP(=O)(O)OP(=O)(O)OP(=O)(O)O)C(O)[C@@H]2O)cc1C=O. The highest BCUT2D eigenvalue weighted by Gasteiger charge is 2.46. The molecular formula is C10H16N3O15P3. The van der Waals surface area contributed by atoms with Crippen LogP contribution in [0.5, 0.6) is 0 Å². The molecule has 2 heterocycles. The Morgan fingerprint density at radius 1 is 1.13 bits per heavy atom. The van der Waals surface area contributed by atoms with Crippen molar-refractivity contribution in [1.29, 1.82) is 0 Å². The molecule has 1 aromatic heterocycles. The zero-order chi connectivity index (χ0) is 23.8. The Labute approximate surface area is 171 Å². The Kier molecular flexibility index (Phi) is 7.73. The van der Waals surface area contributed by atoms with E-state index in [9.17, 15) is 38.4 Å². The van der Waals surface area contributed by atoms with Crippen molar-refractivity contribution in [2.24, 2.45) is 0 Å². The molecule has 0 bridgehead atoms. The Bertz CT molecular complexity index is 1040. The van der Waals surface area contributed by atoms with Crippen LogP contribution in [0.15, 0.2) is 11.0 Å². The minimum atomic E-state index is -5.76. The first kappa shape index (κ1) is 25.9. The van der Waals surface area contributed by atoms with Gasteiger partial charge in [-0.15, -0.1) is 0 Å². The van der Waals surface area contributed by atoms with Crippen LogP contribution >= 0.6 is 23.5 Å². The summed E-state index contributed by atoms with van der Waals surface area (Å²) in [5.41, 5.74) is 4.04. The van der Waals surface area contributed by atoms with Gasteiger partial charge in [0, 0.05) is 6.20 Å². The summed E-state index contributed by atoms with van der Waals surface area (Å²) in [6.45, 7) is -1.09. The van der Waals surface area contributed by atoms with Gasteiger partial charge >= 0.3 is 29.2 Å². The molecule has 0 amide bonds. The maximum Gasteiger partial charge on any atom is 0.490 e. The fourth-order valence-electron chi connectivity index (χ4n) is 2.34. The lowest BCUT2D eigenvalue weighted by Gasteiger charge is -2.19. The Balaban J connectivity index is 2.12. The number of carbonyl (C=O) groups excluding carboxylic acids is 1. The number of phosphoric acid groups is 3. The third-order valence-electron chi connectivity index (χ3n) is 3.57. The molecule has 1 aromatic rings. The summed E-state index contributed by atoms with van der Waals surface area (Å²) in [4.78, 5) is 61.6. The molecule has 21 heteroatoms. The second-order valence-corrected chi connectivity index (χ2v) is 10.2. The van der Waals surface area contributed by atoms with Crippen molar-refractivity contribution in [3.63, 3.8) is 0 Å². The molecule has 176 valence electrons. The van der Waals surface area contributed by atoms with Crippen LogP contribution in [0.2, 0.25) is 0 Å². The van der Waals surface area contributed by atoms with Crippen LogP contribution < -0.4 is 11.4 Å². The van der Waals surface area contributed by atoms with Gasteiger partial charge in [-0.3, -0.25) is 13.9 Å². The van der Waals surface area contributed by atoms with Crippen LogP contribution in [0.1, 0.15) is 16.6 Å². The van der Waals surface area contributed by atoms with E-state index in [4.69, 9.17) is 25.2 Å². The van der Waals surface area contributed by atoms with E-state index >= 15 is 0 Å². The highest BCUT2D eigenvalue weighted by molar-refractivity contribution is 7.66. The smallest absolute Gasteiger partial charge is 0.387 e. The van der Waals surface area contributed by atoms with Crippen LogP contribution in [0.3, 0.4) is 0 Å². The number of hydrogen-bond acceptors (Lipinski definition) is 13. The molecule has 2 rings (SSSR count). The van der Waals surface area contributed by atoms with E-state index < -0.39 is 66.1 Å². The number of ether oxygens (including phenoxy) is 1. The third kappa shape index (κ3) is 6.81. The van der Waals surface area contributed by atoms with Gasteiger partial charge in [0.25, 0.3) is 0 Å². The molecule has 0 spiro atoms. The van der Waals surface area contributed by atoms with Crippen LogP contribution in [-0.2, 0) is 31.6 Å². The Hall–Kier alpha value is -1.36. The minimum Gasteiger partial charge on any atom is -0.387 e. The fourth-order valence-corrected chi connectivity index (χ4v) is 5.37. The van der Waals surface area contributed by atoms with Crippen molar-refractivity contribution in [3.8, 4) is 0 Å². The fraction of sp³-hybridized carbons (Fsp3) is 0.500. The molecular weight excluding hydrogens is 495 g/mol. The quantitative estimate of drug-likeness (QED) is 0.134. The number of nitrogens with two attached hydrogens (primary N) is 1. The first-order valence-corrected chi connectivity index (χ1v) is 12.2. The molecule has 0 aliphatic carbocycles. The molecule has 1 aliphatic heterocycles. The van der Waals surface area contributed by atoms with Crippen molar-refractivity contribution in [2.75, 3.05) is 12.3 Å². The van der Waals surface area contributed by atoms with Gasteiger partial charge in [-0.2, -0.15) is 13.6 Å². The van der Waals surface area contributed by atoms with E-state index in [1.165, 1.54) is 0 Å². The van der Waals surface area contributed by atoms with Crippen molar-refractivity contribution >= 4 is 35.6 Å². The largest absolute Gasteiger partial charge is 0.490 e. The van der Waals surface area contributed by atoms with E-state index in [1.807, 2.05) is 0 Å². The van der Waals surface area contributed by atoms with Gasteiger partial charge in [0.1, 0.15) is 24.1 Å². The summed E-state index contributed by atoms with van der Waals surface area (Å²) in [7, 11) is -16.9. The van der Waals surface area contributed by atoms with Crippen LogP contribution in [-0.4, -0.2) is 70.5 Å². The number of rotatable bonds is 9. The Morgan fingerprint density at radius 3 is 2.29 bits per heavy atom. The highest BCUT2D eigenvalue weighted by Crippen LogP contribution is 2.66. The average Bonchev–Trinajstić information content (AvgIpc) is 2.85. The summed E-state index contributed by atoms with van der Waals surface area (Å²) >= 11 is 0. The van der Waals surface area contributed by atoms with Gasteiger partial charge in [-0.05, 0) is 0 Å². The van der Waals surface area contributed by atoms with Gasteiger partial charge in [0.05, 0.1) is 12.2 Å². The summed E-state index contributed by atoms with van der Waals surface area (Å²) in [5.74, 6) is -0.409. The predicted octanol–water partition coefficient (Wildman–Crippen LogP) is -2.40. The molecule has 0 aromatic carbocycles. The zero-order valence-electron chi connectivity index (χ0n) is 14.8. The molecule has 1 saturated heterocycles. The molecule has 0 saturated carbocycles. The summed E-state index contributed by atoms with van der Waals surface area (Å²) in [6.07, 6.45) is -5.83. The van der Waals surface area contributed by atoms with Crippen molar-refractivity contribution < 1.29 is 66.2 Å². The lowest BCUT2D eigenvalue weighted by atomic mass is 10.1. The number of aromatic nitrogens is 2. The summed E-state index contributed by atoms with van der Waals surface area (Å²) < 4.78 is 50.7. The highest BCUT2D eigenvalue weighted by atomic mass is 31.3. The van der Waals surface area contributed by atoms with Crippen molar-refractivity contribution in [2.45, 2.75) is 24.5 Å². The number of phosphoric ester groups is 1. The van der Waals surface area contributed by atoms with E-state index in [2.05, 4.69) is 18.1 Å². The lowest BCUT2D eigenvalue weighted by Crippen LogP contribution is -2.36. The third-order valence-corrected chi connectivity index (χ3v) is 7.37. The van der Waals surface area contributed by atoms with Crippen molar-refractivity contribution in [3.05, 3.63) is 22.2 Å². The number of anilines is 1. The molecule has 8 N–H and O–H groups in total. The first-order chi connectivity index (χ1) is 14.1. The maximum atomic E-state index is 12.0. The molecule has 0 radical (unpaired) electrons. The molecule has 1 aliphatic rings. The van der Waals surface area contributed by atoms with E-state index in [1.54, 1.807) is 0 Å². The monoisotopic (exact) mass is 511 g/mol. The maximum absolute atomic E-state index is 12.0. The molecule has 18 nitrogen and oxygen atoms in total. The van der Waals surface area contributed by atoms with Gasteiger partial charge < -0.3 is 40.3 Å². The topological polar surface area (TPSA) is 287 Å². The number of aliphatic hydroxyl groups is 2. The molecule has 31 heavy (non-hydrogen) atoms. The first-order valence-electron chi connectivity index (χ1n) is 7.69. The standard InChI is InChI=1S/C10H16N3O15P3/c11-8-4(2-14)1-13(10(17)12-8)9-7(16)6(15)5(26-9)3-25-30(21,22)28-31(23,24)27-29(18,19)20/h1-2,5-7,9,15-16H,3H2,(H,21,22)(H,23,24)(H2,11,12,17)(H2,18,19,20)/t5-,6?,7+,9-/m1/s1. The minimum absolute atomic E-state index is 0.249. The number of carbonyl (C=O) groups is 1. The van der Waals surface area contributed by atoms with E-state index in [-0.39, 0.29) is 11.8 Å². The summed E-state index contributed by atoms with van der Waals surface area (Å²) in [5, 5.41) is 20.1. The molecule has 6 atom stereocenters. The second-order valence-electron chi connectivity index (χ2n) is 5.82. The number of aliphatic hydroxyl groups excluding tert-OH is 2. The van der Waals surface area contributed by atoms with Gasteiger partial charge in [0.2, 0.25) is 0 Å². The van der Waals surface area contributed by atoms with E-state index in [0.717, 1.165) is 6.20 Å². The van der Waals surface area contributed by atoms with Gasteiger partial charge in [-0.1, -0.05) is 0 Å². The molecule has 1 fully saturated rings. The van der Waals surface area contributed by atoms with Crippen LogP contribution in [0.4, 0.5) is 5.82 Å². The van der Waals surface area contributed by atoms with E-state index in [0.29, 0.717) is 4.57 Å². The van der Waals surface area contributed by atoms with Crippen LogP contribution in [0.25, 0.3) is 0 Å². The zero-order valence-corrected chi connectivity index (χ0v) is 17.5. The predicted molar refractivity (Wildman–Crippen MR) is 94.0 cm³/mol.